The Morgan fingerprint density at radius 3 is 0.787 bits per heavy atom. The first-order valence-electron chi connectivity index (χ1n) is 33.1. The second kappa shape index (κ2) is 63.9. The maximum atomic E-state index is 12.8. The van der Waals surface area contributed by atoms with Gasteiger partial charge in [0.15, 0.2) is 6.10 Å². The van der Waals surface area contributed by atoms with E-state index in [1.807, 2.05) is 6.08 Å². The van der Waals surface area contributed by atoms with Crippen molar-refractivity contribution in [3.63, 3.8) is 0 Å². The average Bonchev–Trinajstić information content (AvgIpc) is 3.41. The minimum atomic E-state index is -0.807. The summed E-state index contributed by atoms with van der Waals surface area (Å²) in [4.78, 5) is 38.0. The summed E-state index contributed by atoms with van der Waals surface area (Å²) in [5, 5.41) is 0. The van der Waals surface area contributed by atoms with E-state index in [0.717, 1.165) is 64.2 Å². The van der Waals surface area contributed by atoms with Gasteiger partial charge in [0.1, 0.15) is 13.2 Å². The largest absolute Gasteiger partial charge is 0.462 e. The number of carbonyl (C=O) groups is 3. The Kier molecular flexibility index (Phi) is 61.7. The number of hydrogen-bond acceptors (Lipinski definition) is 6. The first-order valence-corrected chi connectivity index (χ1v) is 33.1. The lowest BCUT2D eigenvalue weighted by Gasteiger charge is -2.18. The van der Waals surface area contributed by atoms with Crippen molar-refractivity contribution in [3.05, 3.63) is 48.6 Å². The molecule has 0 aliphatic rings. The molecule has 0 aromatic carbocycles. The van der Waals surface area contributed by atoms with Gasteiger partial charge in [0.25, 0.3) is 0 Å². The number of rotatable bonds is 61. The normalized spacial score (nSPS) is 12.3. The molecule has 0 aromatic heterocycles. The van der Waals surface area contributed by atoms with Crippen LogP contribution in [0.4, 0.5) is 0 Å². The summed E-state index contributed by atoms with van der Waals surface area (Å²) in [7, 11) is 0. The van der Waals surface area contributed by atoms with Crippen molar-refractivity contribution in [2.45, 2.75) is 361 Å². The molecule has 75 heavy (non-hydrogen) atoms. The van der Waals surface area contributed by atoms with E-state index < -0.39 is 6.10 Å². The molecular formula is C69H126O6. The summed E-state index contributed by atoms with van der Waals surface area (Å²) in [6.45, 7) is 6.49. The van der Waals surface area contributed by atoms with Crippen LogP contribution in [-0.2, 0) is 28.6 Å². The molecule has 0 fully saturated rings. The highest BCUT2D eigenvalue weighted by Gasteiger charge is 2.19. The van der Waals surface area contributed by atoms with Crippen LogP contribution in [0.2, 0.25) is 0 Å². The van der Waals surface area contributed by atoms with Gasteiger partial charge < -0.3 is 14.2 Å². The summed E-state index contributed by atoms with van der Waals surface area (Å²) >= 11 is 0. The van der Waals surface area contributed by atoms with Gasteiger partial charge in [-0.25, -0.2) is 0 Å². The Hall–Kier alpha value is -2.63. The van der Waals surface area contributed by atoms with E-state index in [-0.39, 0.29) is 37.5 Å². The highest BCUT2D eigenvalue weighted by molar-refractivity contribution is 5.71. The quantitative estimate of drug-likeness (QED) is 0.0261. The predicted octanol–water partition coefficient (Wildman–Crippen LogP) is 22.6. The molecule has 0 spiro atoms. The minimum absolute atomic E-state index is 0.0975. The second-order valence-corrected chi connectivity index (χ2v) is 22.4. The van der Waals surface area contributed by atoms with Gasteiger partial charge in [0, 0.05) is 19.3 Å². The van der Waals surface area contributed by atoms with E-state index in [0.29, 0.717) is 19.3 Å². The fourth-order valence-corrected chi connectivity index (χ4v) is 9.93. The minimum Gasteiger partial charge on any atom is -0.462 e. The van der Waals surface area contributed by atoms with Gasteiger partial charge in [-0.3, -0.25) is 14.4 Å². The van der Waals surface area contributed by atoms with Crippen LogP contribution >= 0.6 is 0 Å². The molecule has 0 saturated heterocycles. The number of ether oxygens (including phenoxy) is 3. The smallest absolute Gasteiger partial charge is 0.306 e. The molecular weight excluding hydrogens is 925 g/mol. The zero-order valence-corrected chi connectivity index (χ0v) is 50.3. The van der Waals surface area contributed by atoms with E-state index in [1.165, 1.54) is 244 Å². The highest BCUT2D eigenvalue weighted by atomic mass is 16.6. The molecule has 0 aromatic rings. The Balaban J connectivity index is 3.99. The van der Waals surface area contributed by atoms with E-state index in [9.17, 15) is 14.4 Å². The molecule has 0 radical (unpaired) electrons. The Bertz CT molecular complexity index is 1300. The van der Waals surface area contributed by atoms with Crippen LogP contribution in [0.25, 0.3) is 0 Å². The molecule has 0 aliphatic heterocycles. The number of esters is 3. The number of carbonyl (C=O) groups excluding carboxylic acids is 3. The highest BCUT2D eigenvalue weighted by Crippen LogP contribution is 2.18. The lowest BCUT2D eigenvalue weighted by atomic mass is 10.0. The monoisotopic (exact) mass is 1050 g/mol. The van der Waals surface area contributed by atoms with Crippen LogP contribution < -0.4 is 0 Å². The standard InChI is InChI=1S/C69H126O6/c1-4-7-10-13-16-19-22-24-25-26-27-28-29-30-31-32-33-34-35-36-37-38-39-40-41-42-43-44-46-47-50-53-56-59-62-68(71)74-65-66(64-73-67(70)61-58-55-52-49-21-18-15-12-9-6-3)75-69(72)63-60-57-54-51-48-45-23-20-17-14-11-8-5-2/h8,11,17,20,45,48,54,57,66H,4-7,9-10,12-16,18-19,21-44,46-47,49-53,55-56,58-65H2,1-3H3/b11-8-,20-17-,48-45-,57-54-. The van der Waals surface area contributed by atoms with E-state index in [2.05, 4.69) is 63.3 Å². The van der Waals surface area contributed by atoms with Gasteiger partial charge in [-0.2, -0.15) is 0 Å². The molecule has 0 rings (SSSR count). The van der Waals surface area contributed by atoms with Gasteiger partial charge >= 0.3 is 17.9 Å². The SMILES string of the molecule is CC/C=C\C/C=C\C/C=C\C/C=C\CCC(=O)OC(COC(=O)CCCCCCCCCCCC)COC(=O)CCCCCCCCCCCCCCCCCCCCCCCCCCCCCCCCCCCC. The van der Waals surface area contributed by atoms with Gasteiger partial charge in [0.2, 0.25) is 0 Å². The van der Waals surface area contributed by atoms with Crippen LogP contribution in [0.5, 0.6) is 0 Å². The second-order valence-electron chi connectivity index (χ2n) is 22.4. The number of allylic oxidation sites excluding steroid dienone is 8. The molecule has 1 atom stereocenters. The third-order valence-electron chi connectivity index (χ3n) is 14.9. The molecule has 0 amide bonds. The molecule has 0 saturated carbocycles. The van der Waals surface area contributed by atoms with E-state index >= 15 is 0 Å². The Morgan fingerprint density at radius 1 is 0.280 bits per heavy atom. The van der Waals surface area contributed by atoms with Crippen molar-refractivity contribution >= 4 is 17.9 Å². The van der Waals surface area contributed by atoms with Gasteiger partial charge in [-0.05, 0) is 44.9 Å². The van der Waals surface area contributed by atoms with E-state index in [4.69, 9.17) is 14.2 Å². The zero-order valence-electron chi connectivity index (χ0n) is 50.3. The zero-order chi connectivity index (χ0) is 54.3. The molecule has 0 N–H and O–H groups in total. The maximum Gasteiger partial charge on any atom is 0.306 e. The summed E-state index contributed by atoms with van der Waals surface area (Å²) in [6, 6.07) is 0. The van der Waals surface area contributed by atoms with Crippen LogP contribution in [0.15, 0.2) is 48.6 Å². The van der Waals surface area contributed by atoms with Crippen molar-refractivity contribution in [3.8, 4) is 0 Å². The Labute approximate surface area is 467 Å². The third kappa shape index (κ3) is 62.1. The predicted molar refractivity (Wildman–Crippen MR) is 325 cm³/mol. The van der Waals surface area contributed by atoms with Crippen molar-refractivity contribution < 1.29 is 28.6 Å². The van der Waals surface area contributed by atoms with Crippen LogP contribution in [0.1, 0.15) is 355 Å². The summed E-state index contributed by atoms with van der Waals surface area (Å²) in [5.41, 5.74) is 0. The number of unbranched alkanes of at least 4 members (excludes halogenated alkanes) is 42. The number of hydrogen-bond donors (Lipinski definition) is 0. The van der Waals surface area contributed by atoms with Crippen LogP contribution in [0, 0.1) is 0 Å². The fourth-order valence-electron chi connectivity index (χ4n) is 9.93. The van der Waals surface area contributed by atoms with Crippen LogP contribution in [-0.4, -0.2) is 37.2 Å². The summed E-state index contributed by atoms with van der Waals surface area (Å²) in [6.07, 6.45) is 80.5. The fraction of sp³-hybridized carbons (Fsp3) is 0.841. The van der Waals surface area contributed by atoms with Crippen LogP contribution in [0.3, 0.4) is 0 Å². The lowest BCUT2D eigenvalue weighted by molar-refractivity contribution is -0.166. The maximum absolute atomic E-state index is 12.8. The molecule has 1 unspecified atom stereocenters. The topological polar surface area (TPSA) is 78.9 Å². The van der Waals surface area contributed by atoms with Crippen molar-refractivity contribution in [2.75, 3.05) is 13.2 Å². The molecule has 0 aliphatic carbocycles. The Morgan fingerprint density at radius 2 is 0.520 bits per heavy atom. The van der Waals surface area contributed by atoms with Crippen molar-refractivity contribution in [2.24, 2.45) is 0 Å². The van der Waals surface area contributed by atoms with Gasteiger partial charge in [-0.15, -0.1) is 0 Å². The lowest BCUT2D eigenvalue weighted by Crippen LogP contribution is -2.30. The first-order chi connectivity index (χ1) is 37.0. The van der Waals surface area contributed by atoms with E-state index in [1.54, 1.807) is 0 Å². The van der Waals surface area contributed by atoms with Crippen molar-refractivity contribution in [1.82, 2.24) is 0 Å². The third-order valence-corrected chi connectivity index (χ3v) is 14.9. The molecule has 0 heterocycles. The van der Waals surface area contributed by atoms with Gasteiger partial charge in [-0.1, -0.05) is 339 Å². The first kappa shape index (κ1) is 72.4. The average molecular weight is 1050 g/mol. The van der Waals surface area contributed by atoms with Gasteiger partial charge in [0.05, 0.1) is 0 Å². The summed E-state index contributed by atoms with van der Waals surface area (Å²) in [5.74, 6) is -0.965. The molecule has 438 valence electrons. The molecule has 6 nitrogen and oxygen atoms in total. The van der Waals surface area contributed by atoms with Crippen molar-refractivity contribution in [1.29, 1.82) is 0 Å². The molecule has 0 bridgehead atoms. The molecule has 6 heteroatoms. The summed E-state index contributed by atoms with van der Waals surface area (Å²) < 4.78 is 16.8.